The lowest BCUT2D eigenvalue weighted by molar-refractivity contribution is -0.127. The molecule has 0 spiro atoms. The zero-order chi connectivity index (χ0) is 19.4. The minimum absolute atomic E-state index is 0.0746. The molecule has 1 aromatic carbocycles. The summed E-state index contributed by atoms with van der Waals surface area (Å²) in [5, 5.41) is 2.23. The summed E-state index contributed by atoms with van der Waals surface area (Å²) < 4.78 is 0. The molecule has 0 saturated carbocycles. The van der Waals surface area contributed by atoms with Gasteiger partial charge in [-0.3, -0.25) is 25.2 Å². The van der Waals surface area contributed by atoms with Crippen LogP contribution < -0.4 is 10.9 Å². The largest absolute Gasteiger partial charge is 0.337 e. The van der Waals surface area contributed by atoms with E-state index in [2.05, 4.69) is 10.9 Å². The molecule has 1 aromatic heterocycles. The number of carbonyl (C=O) groups excluding carboxylic acids is 3. The van der Waals surface area contributed by atoms with Crippen LogP contribution in [0.1, 0.15) is 32.9 Å². The van der Waals surface area contributed by atoms with Crippen molar-refractivity contribution in [3.8, 4) is 0 Å². The van der Waals surface area contributed by atoms with Gasteiger partial charge in [0.05, 0.1) is 26.4 Å². The van der Waals surface area contributed by atoms with Crippen LogP contribution in [0.15, 0.2) is 35.7 Å². The lowest BCUT2D eigenvalue weighted by Gasteiger charge is -2.31. The average Bonchev–Trinajstić information content (AvgIpc) is 3.20. The summed E-state index contributed by atoms with van der Waals surface area (Å²) in [6, 6.07) is 8.30. The van der Waals surface area contributed by atoms with E-state index in [1.165, 1.54) is 11.3 Å². The van der Waals surface area contributed by atoms with Gasteiger partial charge in [0.2, 0.25) is 5.91 Å². The number of likely N-dealkylation sites (tertiary alicyclic amines) is 1. The quantitative estimate of drug-likeness (QED) is 0.739. The van der Waals surface area contributed by atoms with Gasteiger partial charge in [-0.2, -0.15) is 0 Å². The Balaban J connectivity index is 1.58. The Bertz CT molecular complexity index is 837. The Kier molecular flexibility index (Phi) is 6.36. The molecule has 2 heterocycles. The van der Waals surface area contributed by atoms with E-state index in [9.17, 15) is 14.4 Å². The van der Waals surface area contributed by atoms with Crippen LogP contribution in [0.3, 0.4) is 0 Å². The Labute approximate surface area is 170 Å². The standard InChI is InChI=1S/C18H17Cl2N3O3S/c19-12-5-1-6-13(20)15(12)17(25)22-21-16(24)11-4-2-8-23(10-11)18(26)14-7-3-9-27-14/h1,3,5-7,9,11H,2,4,8,10H2,(H,21,24)(H,22,25). The summed E-state index contributed by atoms with van der Waals surface area (Å²) in [5.74, 6) is -1.42. The molecule has 3 amide bonds. The maximum atomic E-state index is 12.5. The number of hydrogen-bond donors (Lipinski definition) is 2. The van der Waals surface area contributed by atoms with Crippen LogP contribution in [0.5, 0.6) is 0 Å². The van der Waals surface area contributed by atoms with Gasteiger partial charge < -0.3 is 4.90 Å². The number of nitrogens with one attached hydrogen (secondary N) is 2. The van der Waals surface area contributed by atoms with E-state index in [1.54, 1.807) is 29.2 Å². The fraction of sp³-hybridized carbons (Fsp3) is 0.278. The fourth-order valence-corrected chi connectivity index (χ4v) is 4.19. The zero-order valence-corrected chi connectivity index (χ0v) is 16.5. The highest BCUT2D eigenvalue weighted by Gasteiger charge is 2.29. The van der Waals surface area contributed by atoms with Crippen LogP contribution in [-0.4, -0.2) is 35.7 Å². The minimum atomic E-state index is -0.596. The van der Waals surface area contributed by atoms with Gasteiger partial charge >= 0.3 is 0 Å². The second-order valence-electron chi connectivity index (χ2n) is 6.11. The van der Waals surface area contributed by atoms with E-state index < -0.39 is 11.8 Å². The molecule has 1 atom stereocenters. The third kappa shape index (κ3) is 4.61. The molecule has 2 N–H and O–H groups in total. The smallest absolute Gasteiger partial charge is 0.272 e. The molecular weight excluding hydrogens is 409 g/mol. The molecule has 142 valence electrons. The Morgan fingerprint density at radius 1 is 1.07 bits per heavy atom. The summed E-state index contributed by atoms with van der Waals surface area (Å²) in [4.78, 5) is 39.5. The average molecular weight is 426 g/mol. The van der Waals surface area contributed by atoms with E-state index in [1.807, 2.05) is 11.4 Å². The molecule has 1 saturated heterocycles. The summed E-state index contributed by atoms with van der Waals surface area (Å²) in [6.45, 7) is 0.924. The number of carbonyl (C=O) groups is 3. The number of hydrazine groups is 1. The molecule has 1 aliphatic heterocycles. The second kappa shape index (κ2) is 8.73. The van der Waals surface area contributed by atoms with Crippen LogP contribution >= 0.6 is 34.5 Å². The molecule has 6 nitrogen and oxygen atoms in total. The predicted molar refractivity (Wildman–Crippen MR) is 105 cm³/mol. The fourth-order valence-electron chi connectivity index (χ4n) is 2.93. The normalized spacial score (nSPS) is 16.7. The molecule has 1 fully saturated rings. The topological polar surface area (TPSA) is 78.5 Å². The summed E-state index contributed by atoms with van der Waals surface area (Å²) in [6.07, 6.45) is 1.36. The van der Waals surface area contributed by atoms with Crippen LogP contribution in [0.2, 0.25) is 10.0 Å². The maximum absolute atomic E-state index is 12.5. The number of amides is 3. The zero-order valence-electron chi connectivity index (χ0n) is 14.2. The number of hydrogen-bond acceptors (Lipinski definition) is 4. The van der Waals surface area contributed by atoms with Gasteiger partial charge in [0.1, 0.15) is 0 Å². The van der Waals surface area contributed by atoms with Crippen LogP contribution in [-0.2, 0) is 4.79 Å². The number of benzene rings is 1. The molecule has 9 heteroatoms. The molecule has 1 unspecified atom stereocenters. The molecule has 27 heavy (non-hydrogen) atoms. The van der Waals surface area contributed by atoms with Crippen molar-refractivity contribution in [2.24, 2.45) is 5.92 Å². The molecule has 0 radical (unpaired) electrons. The van der Waals surface area contributed by atoms with Crippen molar-refractivity contribution in [1.29, 1.82) is 0 Å². The molecule has 0 bridgehead atoms. The van der Waals surface area contributed by atoms with E-state index in [-0.39, 0.29) is 27.4 Å². The number of halogens is 2. The van der Waals surface area contributed by atoms with E-state index in [4.69, 9.17) is 23.2 Å². The summed E-state index contributed by atoms with van der Waals surface area (Å²) in [7, 11) is 0. The van der Waals surface area contributed by atoms with Gasteiger partial charge in [0.25, 0.3) is 11.8 Å². The first-order valence-corrected chi connectivity index (χ1v) is 9.98. The summed E-state index contributed by atoms with van der Waals surface area (Å²) >= 11 is 13.4. The Hall–Kier alpha value is -2.09. The maximum Gasteiger partial charge on any atom is 0.272 e. The monoisotopic (exact) mass is 425 g/mol. The third-order valence-electron chi connectivity index (χ3n) is 4.30. The highest BCUT2D eigenvalue weighted by molar-refractivity contribution is 7.12. The number of rotatable bonds is 3. The van der Waals surface area contributed by atoms with Gasteiger partial charge in [0, 0.05) is 13.1 Å². The number of piperidine rings is 1. The Morgan fingerprint density at radius 3 is 2.48 bits per heavy atom. The predicted octanol–water partition coefficient (Wildman–Crippen LogP) is 3.37. The van der Waals surface area contributed by atoms with Gasteiger partial charge in [0.15, 0.2) is 0 Å². The minimum Gasteiger partial charge on any atom is -0.337 e. The number of thiophene rings is 1. The second-order valence-corrected chi connectivity index (χ2v) is 7.87. The van der Waals surface area contributed by atoms with Crippen LogP contribution in [0.4, 0.5) is 0 Å². The van der Waals surface area contributed by atoms with Crippen molar-refractivity contribution >= 4 is 52.3 Å². The first-order valence-electron chi connectivity index (χ1n) is 8.34. The van der Waals surface area contributed by atoms with Gasteiger partial charge in [-0.15, -0.1) is 11.3 Å². The lowest BCUT2D eigenvalue weighted by atomic mass is 9.97. The van der Waals surface area contributed by atoms with Crippen LogP contribution in [0.25, 0.3) is 0 Å². The van der Waals surface area contributed by atoms with Crippen molar-refractivity contribution in [1.82, 2.24) is 15.8 Å². The van der Waals surface area contributed by atoms with Crippen molar-refractivity contribution in [2.75, 3.05) is 13.1 Å². The van der Waals surface area contributed by atoms with Crippen molar-refractivity contribution in [2.45, 2.75) is 12.8 Å². The third-order valence-corrected chi connectivity index (χ3v) is 5.79. The van der Waals surface area contributed by atoms with Gasteiger partial charge in [-0.1, -0.05) is 35.3 Å². The summed E-state index contributed by atoms with van der Waals surface area (Å²) in [5.41, 5.74) is 4.85. The molecular formula is C18H17Cl2N3O3S. The van der Waals surface area contributed by atoms with E-state index >= 15 is 0 Å². The molecule has 1 aliphatic rings. The lowest BCUT2D eigenvalue weighted by Crippen LogP contribution is -2.50. The first-order chi connectivity index (χ1) is 13.0. The van der Waals surface area contributed by atoms with Crippen molar-refractivity contribution < 1.29 is 14.4 Å². The van der Waals surface area contributed by atoms with Gasteiger partial charge in [-0.05, 0) is 36.4 Å². The van der Waals surface area contributed by atoms with Crippen molar-refractivity contribution in [3.05, 3.63) is 56.2 Å². The SMILES string of the molecule is O=C(NNC(=O)C1CCCN(C(=O)c2cccs2)C1)c1c(Cl)cccc1Cl. The van der Waals surface area contributed by atoms with E-state index in [0.29, 0.717) is 24.4 Å². The van der Waals surface area contributed by atoms with E-state index in [0.717, 1.165) is 6.42 Å². The Morgan fingerprint density at radius 2 is 1.81 bits per heavy atom. The highest BCUT2D eigenvalue weighted by Crippen LogP contribution is 2.24. The highest BCUT2D eigenvalue weighted by atomic mass is 35.5. The van der Waals surface area contributed by atoms with Crippen molar-refractivity contribution in [3.63, 3.8) is 0 Å². The first kappa shape index (κ1) is 19.7. The molecule has 3 rings (SSSR count). The van der Waals surface area contributed by atoms with Crippen LogP contribution in [0, 0.1) is 5.92 Å². The molecule has 0 aliphatic carbocycles. The van der Waals surface area contributed by atoms with Gasteiger partial charge in [-0.25, -0.2) is 0 Å². The number of nitrogens with zero attached hydrogens (tertiary/aromatic N) is 1. The molecule has 2 aromatic rings.